The molecule has 0 aliphatic heterocycles. The van der Waals surface area contributed by atoms with Gasteiger partial charge in [0, 0.05) is 12.2 Å². The van der Waals surface area contributed by atoms with E-state index in [1.807, 2.05) is 6.92 Å². The minimum atomic E-state index is -0.434. The lowest BCUT2D eigenvalue weighted by Gasteiger charge is -2.13. The number of methoxy groups -OCH3 is 1. The molecule has 0 aliphatic carbocycles. The van der Waals surface area contributed by atoms with Crippen molar-refractivity contribution >= 4 is 35.0 Å². The highest BCUT2D eigenvalue weighted by atomic mass is 35.5. The van der Waals surface area contributed by atoms with Crippen LogP contribution in [0.2, 0.25) is 5.02 Å². The fourth-order valence-electron chi connectivity index (χ4n) is 2.11. The second-order valence-corrected chi connectivity index (χ2v) is 7.13. The third kappa shape index (κ3) is 5.02. The van der Waals surface area contributed by atoms with E-state index in [4.69, 9.17) is 16.3 Å². The van der Waals surface area contributed by atoms with Gasteiger partial charge < -0.3 is 10.1 Å². The molecule has 0 saturated heterocycles. The molecule has 2 rings (SSSR count). The van der Waals surface area contributed by atoms with Crippen molar-refractivity contribution in [2.45, 2.75) is 43.6 Å². The molecular weight excluding hydrogens is 364 g/mol. The van der Waals surface area contributed by atoms with Crippen molar-refractivity contribution in [3.05, 3.63) is 33.7 Å². The zero-order valence-electron chi connectivity index (χ0n) is 14.3. The summed E-state index contributed by atoms with van der Waals surface area (Å²) in [5.41, 5.74) is 0.319. The summed E-state index contributed by atoms with van der Waals surface area (Å²) in [6, 6.07) is 5.03. The molecule has 0 aliphatic rings. The number of rotatable bonds is 8. The number of benzene rings is 1. The zero-order chi connectivity index (χ0) is 18.4. The second-order valence-electron chi connectivity index (χ2n) is 5.42. The van der Waals surface area contributed by atoms with Gasteiger partial charge in [0.15, 0.2) is 5.16 Å². The molecule has 25 heavy (non-hydrogen) atoms. The molecule has 1 aromatic carbocycles. The number of halogens is 1. The number of thioether (sulfide) groups is 1. The first-order chi connectivity index (χ1) is 12.0. The molecule has 1 heterocycles. The van der Waals surface area contributed by atoms with Crippen molar-refractivity contribution in [3.8, 4) is 5.75 Å². The Hall–Kier alpha value is -1.93. The molecule has 2 N–H and O–H groups in total. The van der Waals surface area contributed by atoms with E-state index in [-0.39, 0.29) is 11.6 Å². The van der Waals surface area contributed by atoms with Crippen LogP contribution in [0.15, 0.2) is 28.2 Å². The van der Waals surface area contributed by atoms with E-state index >= 15 is 0 Å². The zero-order valence-corrected chi connectivity index (χ0v) is 15.9. The van der Waals surface area contributed by atoms with Gasteiger partial charge in [0.25, 0.3) is 0 Å². The number of H-pyrrole nitrogens is 1. The van der Waals surface area contributed by atoms with Crippen molar-refractivity contribution < 1.29 is 9.53 Å². The van der Waals surface area contributed by atoms with Gasteiger partial charge in [0.05, 0.1) is 17.4 Å². The van der Waals surface area contributed by atoms with Crippen LogP contribution < -0.4 is 15.7 Å². The summed E-state index contributed by atoms with van der Waals surface area (Å²) in [5, 5.41) is 9.73. The average Bonchev–Trinajstić information content (AvgIpc) is 2.92. The maximum Gasteiger partial charge on any atom is 0.343 e. The lowest BCUT2D eigenvalue weighted by molar-refractivity contribution is -0.115. The SMILES string of the molecule is CCCCn1c(S[C@H](C)C(=O)Nc2ccc(OC)c(Cl)c2)n[nH]c1=O. The summed E-state index contributed by atoms with van der Waals surface area (Å²) < 4.78 is 6.64. The Balaban J connectivity index is 2.03. The molecule has 7 nitrogen and oxygen atoms in total. The third-order valence-electron chi connectivity index (χ3n) is 3.53. The van der Waals surface area contributed by atoms with Crippen LogP contribution in [0.4, 0.5) is 5.69 Å². The Morgan fingerprint density at radius 1 is 1.52 bits per heavy atom. The van der Waals surface area contributed by atoms with Gasteiger partial charge in [-0.1, -0.05) is 36.7 Å². The van der Waals surface area contributed by atoms with Gasteiger partial charge in [0.1, 0.15) is 5.75 Å². The molecular formula is C16H21ClN4O3S. The summed E-state index contributed by atoms with van der Waals surface area (Å²) in [5.74, 6) is 0.335. The van der Waals surface area contributed by atoms with E-state index in [1.165, 1.54) is 18.9 Å². The molecule has 136 valence electrons. The molecule has 0 unspecified atom stereocenters. The largest absolute Gasteiger partial charge is 0.495 e. The Labute approximate surface area is 155 Å². The quantitative estimate of drug-likeness (QED) is 0.682. The molecule has 0 saturated carbocycles. The molecule has 1 aromatic heterocycles. The minimum absolute atomic E-state index is 0.205. The minimum Gasteiger partial charge on any atom is -0.495 e. The van der Waals surface area contributed by atoms with Crippen LogP contribution in [0.1, 0.15) is 26.7 Å². The van der Waals surface area contributed by atoms with Gasteiger partial charge in [0.2, 0.25) is 5.91 Å². The van der Waals surface area contributed by atoms with Crippen molar-refractivity contribution in [2.75, 3.05) is 12.4 Å². The van der Waals surface area contributed by atoms with E-state index in [1.54, 1.807) is 29.7 Å². The van der Waals surface area contributed by atoms with Crippen LogP contribution in [-0.2, 0) is 11.3 Å². The number of nitrogens with zero attached hydrogens (tertiary/aromatic N) is 2. The Kier molecular flexibility index (Phi) is 6.95. The van der Waals surface area contributed by atoms with Crippen molar-refractivity contribution in [1.29, 1.82) is 0 Å². The maximum atomic E-state index is 12.4. The molecule has 1 amide bonds. The highest BCUT2D eigenvalue weighted by molar-refractivity contribution is 8.00. The lowest BCUT2D eigenvalue weighted by atomic mass is 10.3. The summed E-state index contributed by atoms with van der Waals surface area (Å²) in [6.07, 6.45) is 1.84. The number of amides is 1. The summed E-state index contributed by atoms with van der Waals surface area (Å²) in [6.45, 7) is 4.39. The van der Waals surface area contributed by atoms with E-state index in [9.17, 15) is 9.59 Å². The van der Waals surface area contributed by atoms with Crippen LogP contribution in [0.25, 0.3) is 0 Å². The average molecular weight is 385 g/mol. The van der Waals surface area contributed by atoms with Crippen molar-refractivity contribution in [3.63, 3.8) is 0 Å². The van der Waals surface area contributed by atoms with Gasteiger partial charge in [-0.25, -0.2) is 9.89 Å². The van der Waals surface area contributed by atoms with E-state index in [2.05, 4.69) is 15.5 Å². The molecule has 0 spiro atoms. The van der Waals surface area contributed by atoms with Crippen LogP contribution in [0.3, 0.4) is 0 Å². The number of aromatic nitrogens is 3. The molecule has 2 aromatic rings. The third-order valence-corrected chi connectivity index (χ3v) is 4.91. The first kappa shape index (κ1) is 19.4. The Morgan fingerprint density at radius 2 is 2.28 bits per heavy atom. The van der Waals surface area contributed by atoms with E-state index in [0.29, 0.717) is 28.2 Å². The topological polar surface area (TPSA) is 89.0 Å². The standard InChI is InChI=1S/C16H21ClN4O3S/c1-4-5-8-21-15(23)19-20-16(21)25-10(2)14(22)18-11-6-7-13(24-3)12(17)9-11/h6-7,9-10H,4-5,8H2,1-3H3,(H,18,22)(H,19,23)/t10-/m1/s1. The van der Waals surface area contributed by atoms with Gasteiger partial charge in [-0.3, -0.25) is 9.36 Å². The number of nitrogens with one attached hydrogen (secondary N) is 2. The highest BCUT2D eigenvalue weighted by Gasteiger charge is 2.19. The number of hydrogen-bond acceptors (Lipinski definition) is 5. The van der Waals surface area contributed by atoms with Crippen LogP contribution in [-0.4, -0.2) is 33.0 Å². The fourth-order valence-corrected chi connectivity index (χ4v) is 3.25. The normalized spacial score (nSPS) is 12.0. The van der Waals surface area contributed by atoms with Gasteiger partial charge in [-0.2, -0.15) is 0 Å². The first-order valence-corrected chi connectivity index (χ1v) is 9.18. The number of ether oxygens (including phenoxy) is 1. The first-order valence-electron chi connectivity index (χ1n) is 7.92. The van der Waals surface area contributed by atoms with E-state index < -0.39 is 5.25 Å². The number of unbranched alkanes of at least 4 members (excludes halogenated alkanes) is 1. The molecule has 0 fully saturated rings. The fraction of sp³-hybridized carbons (Fsp3) is 0.438. The van der Waals surface area contributed by atoms with Crippen LogP contribution in [0, 0.1) is 0 Å². The molecule has 0 bridgehead atoms. The predicted molar refractivity (Wildman–Crippen MR) is 99.7 cm³/mol. The molecule has 0 radical (unpaired) electrons. The lowest BCUT2D eigenvalue weighted by Crippen LogP contribution is -2.24. The summed E-state index contributed by atoms with van der Waals surface area (Å²) in [7, 11) is 1.53. The maximum absolute atomic E-state index is 12.4. The molecule has 9 heteroatoms. The number of carbonyl (C=O) groups excluding carboxylic acids is 1. The summed E-state index contributed by atoms with van der Waals surface area (Å²) in [4.78, 5) is 24.2. The number of hydrogen-bond donors (Lipinski definition) is 2. The van der Waals surface area contributed by atoms with E-state index in [0.717, 1.165) is 12.8 Å². The number of anilines is 1. The molecule has 1 atom stereocenters. The van der Waals surface area contributed by atoms with Crippen molar-refractivity contribution in [2.24, 2.45) is 0 Å². The van der Waals surface area contributed by atoms with Crippen molar-refractivity contribution in [1.82, 2.24) is 14.8 Å². The smallest absolute Gasteiger partial charge is 0.343 e. The second kappa shape index (κ2) is 8.96. The highest BCUT2D eigenvalue weighted by Crippen LogP contribution is 2.28. The van der Waals surface area contributed by atoms with Gasteiger partial charge in [-0.15, -0.1) is 5.10 Å². The number of carbonyl (C=O) groups is 1. The van der Waals surface area contributed by atoms with Gasteiger partial charge >= 0.3 is 5.69 Å². The predicted octanol–water partition coefficient (Wildman–Crippen LogP) is 3.15. The Morgan fingerprint density at radius 3 is 2.92 bits per heavy atom. The summed E-state index contributed by atoms with van der Waals surface area (Å²) >= 11 is 7.29. The van der Waals surface area contributed by atoms with Crippen LogP contribution >= 0.6 is 23.4 Å². The monoisotopic (exact) mass is 384 g/mol. The Bertz CT molecular complexity index is 790. The van der Waals surface area contributed by atoms with Crippen LogP contribution in [0.5, 0.6) is 5.75 Å². The number of aromatic amines is 1. The van der Waals surface area contributed by atoms with Gasteiger partial charge in [-0.05, 0) is 31.5 Å².